The molecule has 34 heavy (non-hydrogen) atoms. The van der Waals surface area contributed by atoms with Crippen LogP contribution < -0.4 is 10.2 Å². The summed E-state index contributed by atoms with van der Waals surface area (Å²) in [5.74, 6) is -0.806. The third kappa shape index (κ3) is 3.67. The Kier molecular flexibility index (Phi) is 5.30. The van der Waals surface area contributed by atoms with E-state index in [1.165, 1.54) is 12.1 Å². The first-order valence-electron chi connectivity index (χ1n) is 10.7. The average molecular weight is 453 g/mol. The molecule has 0 saturated carbocycles. The molecule has 168 valence electrons. The highest BCUT2D eigenvalue weighted by molar-refractivity contribution is 6.21. The molecule has 0 fully saturated rings. The van der Waals surface area contributed by atoms with E-state index in [-0.39, 0.29) is 24.1 Å². The number of aryl methyl sites for hydroxylation is 1. The normalized spacial score (nSPS) is 12.8. The van der Waals surface area contributed by atoms with E-state index < -0.39 is 17.8 Å². The molecule has 7 heteroatoms. The van der Waals surface area contributed by atoms with Crippen LogP contribution in [0.1, 0.15) is 32.9 Å². The molecule has 1 aliphatic rings. The minimum Gasteiger partial charge on any atom is -0.460 e. The molecule has 1 aliphatic heterocycles. The van der Waals surface area contributed by atoms with Gasteiger partial charge in [0.1, 0.15) is 17.1 Å². The van der Waals surface area contributed by atoms with Crippen LogP contribution in [0.4, 0.5) is 0 Å². The monoisotopic (exact) mass is 453 g/mol. The Hall–Kier alpha value is -4.52. The molecule has 0 bridgehead atoms. The fraction of sp³-hybridized carbons (Fsp3) is 0.111. The Morgan fingerprint density at radius 1 is 0.882 bits per heavy atom. The van der Waals surface area contributed by atoms with E-state index in [2.05, 4.69) is 0 Å². The molecular weight excluding hydrogens is 434 g/mol. The number of benzene rings is 3. The summed E-state index contributed by atoms with van der Waals surface area (Å²) in [6.45, 7) is 1.62. The molecule has 2 amide bonds. The molecule has 5 rings (SSSR count). The summed E-state index contributed by atoms with van der Waals surface area (Å²) in [6.07, 6.45) is -0.167. The van der Waals surface area contributed by atoms with Crippen LogP contribution in [0.2, 0.25) is 0 Å². The van der Waals surface area contributed by atoms with Crippen molar-refractivity contribution in [2.75, 3.05) is 6.54 Å². The van der Waals surface area contributed by atoms with E-state index in [1.54, 1.807) is 37.3 Å². The van der Waals surface area contributed by atoms with Crippen molar-refractivity contribution in [2.45, 2.75) is 13.3 Å². The van der Waals surface area contributed by atoms with E-state index in [0.29, 0.717) is 33.4 Å². The van der Waals surface area contributed by atoms with Crippen molar-refractivity contribution in [1.29, 1.82) is 0 Å². The first-order chi connectivity index (χ1) is 16.4. The minimum atomic E-state index is -0.615. The molecule has 0 atom stereocenters. The van der Waals surface area contributed by atoms with Gasteiger partial charge in [-0.15, -0.1) is 0 Å². The molecule has 4 aromatic rings. The fourth-order valence-electron chi connectivity index (χ4n) is 4.12. The molecule has 0 spiro atoms. The van der Waals surface area contributed by atoms with E-state index in [4.69, 9.17) is 9.15 Å². The van der Waals surface area contributed by atoms with Crippen LogP contribution in [0.3, 0.4) is 0 Å². The van der Waals surface area contributed by atoms with Crippen LogP contribution >= 0.6 is 0 Å². The van der Waals surface area contributed by atoms with Crippen LogP contribution in [0.25, 0.3) is 22.1 Å². The molecule has 0 aliphatic carbocycles. The topological polar surface area (TPSA) is 93.9 Å². The summed E-state index contributed by atoms with van der Waals surface area (Å²) in [5, 5.41) is 0.371. The Morgan fingerprint density at radius 3 is 2.21 bits per heavy atom. The number of ether oxygens (including phenoxy) is 1. The van der Waals surface area contributed by atoms with Gasteiger partial charge in [-0.25, -0.2) is 0 Å². The first kappa shape index (κ1) is 21.3. The zero-order valence-electron chi connectivity index (χ0n) is 18.2. The number of amides is 2. The third-order valence-corrected chi connectivity index (χ3v) is 5.75. The van der Waals surface area contributed by atoms with Crippen molar-refractivity contribution < 1.29 is 23.5 Å². The smallest absolute Gasteiger partial charge is 0.313 e. The average Bonchev–Trinajstić information content (AvgIpc) is 3.08. The van der Waals surface area contributed by atoms with E-state index in [9.17, 15) is 19.2 Å². The summed E-state index contributed by atoms with van der Waals surface area (Å²) < 4.78 is 11.2. The number of imide groups is 1. The summed E-state index contributed by atoms with van der Waals surface area (Å²) in [6, 6.07) is 20.4. The zero-order valence-corrected chi connectivity index (χ0v) is 18.2. The van der Waals surface area contributed by atoms with Gasteiger partial charge in [0.25, 0.3) is 11.8 Å². The van der Waals surface area contributed by atoms with Gasteiger partial charge in [-0.05, 0) is 36.8 Å². The predicted molar refractivity (Wildman–Crippen MR) is 125 cm³/mol. The second-order valence-corrected chi connectivity index (χ2v) is 7.92. The number of carbonyl (C=O) groups is 3. The molecular formula is C27H19NO6. The molecule has 3 aromatic carbocycles. The molecule has 7 nitrogen and oxygen atoms in total. The van der Waals surface area contributed by atoms with Crippen LogP contribution in [0.5, 0.6) is 5.75 Å². The second-order valence-electron chi connectivity index (χ2n) is 7.92. The molecule has 0 N–H and O–H groups in total. The summed E-state index contributed by atoms with van der Waals surface area (Å²) in [4.78, 5) is 51.4. The van der Waals surface area contributed by atoms with E-state index in [1.807, 2.05) is 30.3 Å². The van der Waals surface area contributed by atoms with Crippen LogP contribution in [-0.2, 0) is 4.79 Å². The van der Waals surface area contributed by atoms with Gasteiger partial charge in [0.15, 0.2) is 0 Å². The SMILES string of the molecule is Cc1oc2cc(OC(=O)CCN3C(=O)c4ccccc4C3=O)ccc2c(=O)c1-c1ccccc1. The summed E-state index contributed by atoms with van der Waals surface area (Å²) in [5.41, 5.74) is 2.03. The van der Waals surface area contributed by atoms with Crippen molar-refractivity contribution >= 4 is 28.8 Å². The molecule has 1 aromatic heterocycles. The van der Waals surface area contributed by atoms with Gasteiger partial charge < -0.3 is 9.15 Å². The maximum absolute atomic E-state index is 13.1. The Balaban J connectivity index is 1.32. The standard InChI is InChI=1S/C27H19NO6/c1-16-24(17-7-3-2-4-8-17)25(30)21-12-11-18(15-22(21)33-16)34-23(29)13-14-28-26(31)19-9-5-6-10-20(19)27(28)32/h2-12,15H,13-14H2,1H3. The molecule has 0 radical (unpaired) electrons. The van der Waals surface area contributed by atoms with Crippen molar-refractivity contribution in [3.8, 4) is 16.9 Å². The van der Waals surface area contributed by atoms with Gasteiger partial charge in [-0.3, -0.25) is 24.1 Å². The van der Waals surface area contributed by atoms with Gasteiger partial charge in [0.05, 0.1) is 28.5 Å². The zero-order chi connectivity index (χ0) is 23.8. The molecule has 0 unspecified atom stereocenters. The highest BCUT2D eigenvalue weighted by atomic mass is 16.5. The predicted octanol–water partition coefficient (Wildman–Crippen LogP) is 4.36. The number of fused-ring (bicyclic) bond motifs is 2. The molecule has 2 heterocycles. The highest BCUT2D eigenvalue weighted by Crippen LogP contribution is 2.27. The first-order valence-corrected chi connectivity index (χ1v) is 10.7. The number of hydrogen-bond donors (Lipinski definition) is 0. The van der Waals surface area contributed by atoms with Gasteiger partial charge in [0.2, 0.25) is 5.43 Å². The number of esters is 1. The number of rotatable bonds is 5. The Bertz CT molecular complexity index is 1480. The van der Waals surface area contributed by atoms with Gasteiger partial charge >= 0.3 is 5.97 Å². The van der Waals surface area contributed by atoms with Crippen molar-refractivity contribution in [3.63, 3.8) is 0 Å². The van der Waals surface area contributed by atoms with Gasteiger partial charge in [-0.1, -0.05) is 42.5 Å². The van der Waals surface area contributed by atoms with Crippen LogP contribution in [0.15, 0.2) is 82.0 Å². The van der Waals surface area contributed by atoms with Crippen LogP contribution in [-0.4, -0.2) is 29.2 Å². The van der Waals surface area contributed by atoms with Crippen molar-refractivity contribution in [1.82, 2.24) is 4.90 Å². The third-order valence-electron chi connectivity index (χ3n) is 5.75. The van der Waals surface area contributed by atoms with Crippen LogP contribution in [0, 0.1) is 6.92 Å². The fourth-order valence-corrected chi connectivity index (χ4v) is 4.12. The number of nitrogens with zero attached hydrogens (tertiary/aromatic N) is 1. The minimum absolute atomic E-state index is 0.0899. The number of hydrogen-bond acceptors (Lipinski definition) is 6. The highest BCUT2D eigenvalue weighted by Gasteiger charge is 2.35. The maximum Gasteiger partial charge on any atom is 0.313 e. The lowest BCUT2D eigenvalue weighted by Crippen LogP contribution is -2.32. The Labute approximate surface area is 194 Å². The largest absolute Gasteiger partial charge is 0.460 e. The van der Waals surface area contributed by atoms with Crippen molar-refractivity contribution in [2.24, 2.45) is 0 Å². The van der Waals surface area contributed by atoms with Crippen molar-refractivity contribution in [3.05, 3.63) is 99.9 Å². The maximum atomic E-state index is 13.1. The lowest BCUT2D eigenvalue weighted by atomic mass is 10.0. The lowest BCUT2D eigenvalue weighted by Gasteiger charge is -2.13. The second kappa shape index (κ2) is 8.44. The number of carbonyl (C=O) groups excluding carboxylic acids is 3. The quantitative estimate of drug-likeness (QED) is 0.253. The van der Waals surface area contributed by atoms with Gasteiger partial charge in [-0.2, -0.15) is 0 Å². The van der Waals surface area contributed by atoms with E-state index >= 15 is 0 Å². The van der Waals surface area contributed by atoms with E-state index in [0.717, 1.165) is 10.5 Å². The lowest BCUT2D eigenvalue weighted by molar-refractivity contribution is -0.134. The van der Waals surface area contributed by atoms with Gasteiger partial charge in [0, 0.05) is 12.6 Å². The molecule has 0 saturated heterocycles. The summed E-state index contributed by atoms with van der Waals surface area (Å²) >= 11 is 0. The Morgan fingerprint density at radius 2 is 1.53 bits per heavy atom. The summed E-state index contributed by atoms with van der Waals surface area (Å²) in [7, 11) is 0.